The van der Waals surface area contributed by atoms with E-state index in [9.17, 15) is 28.9 Å². The summed E-state index contributed by atoms with van der Waals surface area (Å²) >= 11 is 0. The van der Waals surface area contributed by atoms with Crippen LogP contribution in [0, 0.1) is 15.9 Å². The molecular weight excluding hydrogens is 381 g/mol. The summed E-state index contributed by atoms with van der Waals surface area (Å²) in [6, 6.07) is 8.77. The summed E-state index contributed by atoms with van der Waals surface area (Å²) in [7, 11) is 0. The number of benzene rings is 2. The molecule has 0 radical (unpaired) electrons. The second kappa shape index (κ2) is 8.01. The Morgan fingerprint density at radius 1 is 1.21 bits per heavy atom. The fourth-order valence-electron chi connectivity index (χ4n) is 3.10. The lowest BCUT2D eigenvalue weighted by molar-refractivity contribution is -0.384. The first-order valence-electron chi connectivity index (χ1n) is 8.62. The highest BCUT2D eigenvalue weighted by molar-refractivity contribution is 6.23. The van der Waals surface area contributed by atoms with Gasteiger partial charge in [0.2, 0.25) is 5.91 Å². The van der Waals surface area contributed by atoms with Gasteiger partial charge >= 0.3 is 0 Å². The Hall–Kier alpha value is -3.88. The Morgan fingerprint density at radius 2 is 1.83 bits per heavy atom. The van der Waals surface area contributed by atoms with Crippen molar-refractivity contribution in [3.05, 3.63) is 82.7 Å². The third-order valence-corrected chi connectivity index (χ3v) is 4.50. The SMILES string of the molecule is C=CCN(C(=O)c1ccc([N+](=O)[O-])cc1)C1CC(=O)N(c2ccc(F)cc2)C1=O. The first kappa shape index (κ1) is 19.9. The summed E-state index contributed by atoms with van der Waals surface area (Å²) in [5, 5.41) is 10.8. The van der Waals surface area contributed by atoms with Gasteiger partial charge in [-0.3, -0.25) is 24.5 Å². The van der Waals surface area contributed by atoms with Gasteiger partial charge in [-0.2, -0.15) is 0 Å². The van der Waals surface area contributed by atoms with Crippen LogP contribution in [-0.4, -0.2) is 40.1 Å². The largest absolute Gasteiger partial charge is 0.322 e. The van der Waals surface area contributed by atoms with Crippen molar-refractivity contribution in [2.24, 2.45) is 0 Å². The molecule has 1 heterocycles. The third-order valence-electron chi connectivity index (χ3n) is 4.50. The fourth-order valence-corrected chi connectivity index (χ4v) is 3.10. The van der Waals surface area contributed by atoms with Crippen molar-refractivity contribution >= 4 is 29.1 Å². The van der Waals surface area contributed by atoms with Crippen LogP contribution in [0.5, 0.6) is 0 Å². The third kappa shape index (κ3) is 3.88. The number of hydrogen-bond acceptors (Lipinski definition) is 5. The number of anilines is 1. The number of carbonyl (C=O) groups is 3. The van der Waals surface area contributed by atoms with Crippen molar-refractivity contribution < 1.29 is 23.7 Å². The van der Waals surface area contributed by atoms with Crippen molar-refractivity contribution in [1.29, 1.82) is 0 Å². The molecule has 148 valence electrons. The quantitative estimate of drug-likeness (QED) is 0.323. The maximum atomic E-state index is 13.2. The lowest BCUT2D eigenvalue weighted by atomic mass is 10.1. The molecular formula is C20H16FN3O5. The van der Waals surface area contributed by atoms with E-state index in [0.29, 0.717) is 0 Å². The molecule has 1 aliphatic heterocycles. The van der Waals surface area contributed by atoms with Gasteiger partial charge in [-0.25, -0.2) is 9.29 Å². The van der Waals surface area contributed by atoms with Crippen molar-refractivity contribution in [3.8, 4) is 0 Å². The van der Waals surface area contributed by atoms with Crippen LogP contribution in [0.3, 0.4) is 0 Å². The van der Waals surface area contributed by atoms with Crippen LogP contribution < -0.4 is 4.90 Å². The molecule has 0 aromatic heterocycles. The Kier molecular flexibility index (Phi) is 5.49. The predicted molar refractivity (Wildman–Crippen MR) is 102 cm³/mol. The van der Waals surface area contributed by atoms with E-state index in [1.807, 2.05) is 0 Å². The molecule has 0 N–H and O–H groups in total. The second-order valence-electron chi connectivity index (χ2n) is 6.31. The van der Waals surface area contributed by atoms with E-state index in [2.05, 4.69) is 6.58 Å². The van der Waals surface area contributed by atoms with Gasteiger partial charge in [0.05, 0.1) is 17.0 Å². The lowest BCUT2D eigenvalue weighted by Gasteiger charge is -2.26. The average Bonchev–Trinajstić information content (AvgIpc) is 3.00. The van der Waals surface area contributed by atoms with Gasteiger partial charge < -0.3 is 4.90 Å². The van der Waals surface area contributed by atoms with E-state index < -0.39 is 34.5 Å². The minimum atomic E-state index is -1.06. The summed E-state index contributed by atoms with van der Waals surface area (Å²) in [5.74, 6) is -2.20. The van der Waals surface area contributed by atoms with E-state index >= 15 is 0 Å². The highest BCUT2D eigenvalue weighted by Crippen LogP contribution is 2.27. The summed E-state index contributed by atoms with van der Waals surface area (Å²) in [6.07, 6.45) is 1.18. The number of imide groups is 1. The zero-order chi connectivity index (χ0) is 21.1. The van der Waals surface area contributed by atoms with E-state index in [0.717, 1.165) is 17.0 Å². The van der Waals surface area contributed by atoms with Crippen LogP contribution in [0.25, 0.3) is 0 Å². The monoisotopic (exact) mass is 397 g/mol. The first-order valence-corrected chi connectivity index (χ1v) is 8.62. The summed E-state index contributed by atoms with van der Waals surface area (Å²) in [4.78, 5) is 50.6. The van der Waals surface area contributed by atoms with E-state index in [-0.39, 0.29) is 29.9 Å². The molecule has 0 bridgehead atoms. The number of nitro benzene ring substituents is 1. The van der Waals surface area contributed by atoms with Gasteiger partial charge in [-0.1, -0.05) is 6.08 Å². The number of amides is 3. The molecule has 3 rings (SSSR count). The van der Waals surface area contributed by atoms with Crippen molar-refractivity contribution in [1.82, 2.24) is 4.90 Å². The maximum Gasteiger partial charge on any atom is 0.269 e. The molecule has 1 atom stereocenters. The topological polar surface area (TPSA) is 101 Å². The van der Waals surface area contributed by atoms with Crippen LogP contribution in [-0.2, 0) is 9.59 Å². The second-order valence-corrected chi connectivity index (χ2v) is 6.31. The number of nitro groups is 1. The molecule has 1 fully saturated rings. The fraction of sp³-hybridized carbons (Fsp3) is 0.150. The molecule has 2 aromatic rings. The van der Waals surface area contributed by atoms with Gasteiger partial charge in [-0.05, 0) is 36.4 Å². The van der Waals surface area contributed by atoms with E-state index in [1.54, 1.807) is 0 Å². The average molecular weight is 397 g/mol. The number of non-ortho nitro benzene ring substituents is 1. The zero-order valence-electron chi connectivity index (χ0n) is 15.2. The van der Waals surface area contributed by atoms with Crippen LogP contribution in [0.4, 0.5) is 15.8 Å². The molecule has 1 saturated heterocycles. The Morgan fingerprint density at radius 3 is 2.38 bits per heavy atom. The Bertz CT molecular complexity index is 988. The predicted octanol–water partition coefficient (Wildman–Crippen LogP) is 2.69. The van der Waals surface area contributed by atoms with Gasteiger partial charge in [0.25, 0.3) is 17.5 Å². The highest BCUT2D eigenvalue weighted by Gasteiger charge is 2.44. The van der Waals surface area contributed by atoms with Gasteiger partial charge in [0.1, 0.15) is 11.9 Å². The molecule has 0 saturated carbocycles. The molecule has 8 nitrogen and oxygen atoms in total. The number of rotatable bonds is 6. The molecule has 29 heavy (non-hydrogen) atoms. The number of carbonyl (C=O) groups excluding carboxylic acids is 3. The zero-order valence-corrected chi connectivity index (χ0v) is 15.2. The molecule has 2 aromatic carbocycles. The van der Waals surface area contributed by atoms with Gasteiger partial charge in [0.15, 0.2) is 0 Å². The lowest BCUT2D eigenvalue weighted by Crippen LogP contribution is -2.45. The maximum absolute atomic E-state index is 13.2. The van der Waals surface area contributed by atoms with E-state index in [4.69, 9.17) is 0 Å². The molecule has 1 unspecified atom stereocenters. The summed E-state index contributed by atoms with van der Waals surface area (Å²) in [6.45, 7) is 3.58. The van der Waals surface area contributed by atoms with E-state index in [1.165, 1.54) is 47.4 Å². The molecule has 0 spiro atoms. The molecule has 9 heteroatoms. The summed E-state index contributed by atoms with van der Waals surface area (Å²) in [5.41, 5.74) is 0.176. The minimum Gasteiger partial charge on any atom is -0.322 e. The minimum absolute atomic E-state index is 0.00321. The normalized spacial score (nSPS) is 16.0. The van der Waals surface area contributed by atoms with Crippen molar-refractivity contribution in [3.63, 3.8) is 0 Å². The molecule has 0 aliphatic carbocycles. The number of nitrogens with zero attached hydrogens (tertiary/aromatic N) is 3. The molecule has 1 aliphatic rings. The Labute approximate surface area is 165 Å². The van der Waals surface area contributed by atoms with Crippen LogP contribution >= 0.6 is 0 Å². The van der Waals surface area contributed by atoms with Crippen LogP contribution in [0.1, 0.15) is 16.8 Å². The summed E-state index contributed by atoms with van der Waals surface area (Å²) < 4.78 is 13.2. The Balaban J connectivity index is 1.88. The smallest absolute Gasteiger partial charge is 0.269 e. The van der Waals surface area contributed by atoms with Crippen LogP contribution in [0.2, 0.25) is 0 Å². The van der Waals surface area contributed by atoms with Crippen molar-refractivity contribution in [2.75, 3.05) is 11.4 Å². The standard InChI is InChI=1S/C20H16FN3O5/c1-2-11-22(19(26)13-3-7-16(8-4-13)24(28)29)17-12-18(25)23(20(17)27)15-9-5-14(21)6-10-15/h2-10,17H,1,11-12H2. The van der Waals surface area contributed by atoms with Crippen LogP contribution in [0.15, 0.2) is 61.2 Å². The molecule has 3 amide bonds. The van der Waals surface area contributed by atoms with Gasteiger partial charge in [0, 0.05) is 24.2 Å². The number of hydrogen-bond donors (Lipinski definition) is 0. The van der Waals surface area contributed by atoms with Gasteiger partial charge in [-0.15, -0.1) is 6.58 Å². The number of halogens is 1. The highest BCUT2D eigenvalue weighted by atomic mass is 19.1. The van der Waals surface area contributed by atoms with Crippen molar-refractivity contribution in [2.45, 2.75) is 12.5 Å². The first-order chi connectivity index (χ1) is 13.8.